The number of hydrogen-bond acceptors (Lipinski definition) is 3. The van der Waals surface area contributed by atoms with Gasteiger partial charge < -0.3 is 10.2 Å². The van der Waals surface area contributed by atoms with E-state index in [1.54, 1.807) is 11.9 Å². The molecule has 1 fully saturated rings. The van der Waals surface area contributed by atoms with Crippen molar-refractivity contribution in [1.29, 1.82) is 0 Å². The normalized spacial score (nSPS) is 20.1. The molecule has 1 heterocycles. The summed E-state index contributed by atoms with van der Waals surface area (Å²) in [6, 6.07) is 17.3. The second kappa shape index (κ2) is 7.70. The molecule has 0 radical (unpaired) electrons. The smallest absolute Gasteiger partial charge is 0.325 e. The molecule has 1 saturated heterocycles. The highest BCUT2D eigenvalue weighted by atomic mass is 16.2. The van der Waals surface area contributed by atoms with Crippen LogP contribution in [0.1, 0.15) is 29.5 Å². The number of likely N-dealkylation sites (N-methyl/N-ethyl adjacent to an activating group) is 1. The number of amides is 4. The minimum Gasteiger partial charge on any atom is -0.344 e. The van der Waals surface area contributed by atoms with Crippen LogP contribution < -0.4 is 5.32 Å². The van der Waals surface area contributed by atoms with Gasteiger partial charge in [-0.2, -0.15) is 0 Å². The summed E-state index contributed by atoms with van der Waals surface area (Å²) in [6.45, 7) is 0.349. The van der Waals surface area contributed by atoms with Crippen molar-refractivity contribution >= 4 is 17.8 Å². The molecule has 6 nitrogen and oxygen atoms in total. The minimum atomic E-state index is -1.01. The van der Waals surface area contributed by atoms with Crippen molar-refractivity contribution < 1.29 is 14.4 Å². The quantitative estimate of drug-likeness (QED) is 0.769. The molecule has 150 valence electrons. The maximum atomic E-state index is 13.1. The second-order valence-electron chi connectivity index (χ2n) is 7.79. The van der Waals surface area contributed by atoms with E-state index in [0.717, 1.165) is 35.3 Å². The molecule has 6 heteroatoms. The van der Waals surface area contributed by atoms with Crippen LogP contribution in [0, 0.1) is 0 Å². The van der Waals surface area contributed by atoms with Gasteiger partial charge >= 0.3 is 6.03 Å². The Balaban J connectivity index is 1.37. The number of urea groups is 1. The van der Waals surface area contributed by atoms with E-state index in [4.69, 9.17) is 0 Å². The van der Waals surface area contributed by atoms with E-state index >= 15 is 0 Å². The number of fused-ring (bicyclic) bond motifs is 2. The largest absolute Gasteiger partial charge is 0.344 e. The number of nitrogens with one attached hydrogen (secondary N) is 1. The van der Waals surface area contributed by atoms with Crippen LogP contribution >= 0.6 is 0 Å². The standard InChI is InChI=1S/C23H25N3O3/c1-25(15-7-10-17-8-3-2-4-9-17)20(27)16-26-21(28)23(24-22(26)29)14-13-18-11-5-6-12-19(18)23/h2-6,8-9,11-12H,7,10,13-16H2,1H3,(H,24,29). The number of hydrogen-bond donors (Lipinski definition) is 1. The van der Waals surface area contributed by atoms with Crippen LogP contribution in [0.25, 0.3) is 0 Å². The fourth-order valence-electron chi connectivity index (χ4n) is 4.28. The molecular weight excluding hydrogens is 366 g/mol. The summed E-state index contributed by atoms with van der Waals surface area (Å²) in [5.74, 6) is -0.552. The van der Waals surface area contributed by atoms with Crippen LogP contribution in [0.15, 0.2) is 54.6 Å². The highest BCUT2D eigenvalue weighted by Crippen LogP contribution is 2.41. The molecule has 4 amide bonds. The molecule has 2 aliphatic rings. The lowest BCUT2D eigenvalue weighted by molar-refractivity contribution is -0.138. The van der Waals surface area contributed by atoms with Crippen molar-refractivity contribution in [1.82, 2.24) is 15.1 Å². The van der Waals surface area contributed by atoms with Crippen molar-refractivity contribution in [2.75, 3.05) is 20.1 Å². The summed E-state index contributed by atoms with van der Waals surface area (Å²) >= 11 is 0. The van der Waals surface area contributed by atoms with Gasteiger partial charge in [-0.15, -0.1) is 0 Å². The first-order chi connectivity index (χ1) is 14.0. The van der Waals surface area contributed by atoms with Crippen LogP contribution in [-0.2, 0) is 28.0 Å². The molecular formula is C23H25N3O3. The number of carbonyl (C=O) groups is 3. The first-order valence-electron chi connectivity index (χ1n) is 10.0. The lowest BCUT2D eigenvalue weighted by Crippen LogP contribution is -2.44. The molecule has 0 aromatic heterocycles. The van der Waals surface area contributed by atoms with Crippen LogP contribution in [0.3, 0.4) is 0 Å². The summed E-state index contributed by atoms with van der Waals surface area (Å²) in [5, 5.41) is 2.86. The first kappa shape index (κ1) is 19.2. The summed E-state index contributed by atoms with van der Waals surface area (Å²) in [6.07, 6.45) is 2.98. The van der Waals surface area contributed by atoms with Gasteiger partial charge in [0.05, 0.1) is 0 Å². The van der Waals surface area contributed by atoms with Gasteiger partial charge in [0.2, 0.25) is 5.91 Å². The van der Waals surface area contributed by atoms with E-state index in [-0.39, 0.29) is 18.4 Å². The maximum absolute atomic E-state index is 13.1. The van der Waals surface area contributed by atoms with Crippen molar-refractivity contribution in [2.24, 2.45) is 0 Å². The summed E-state index contributed by atoms with van der Waals surface area (Å²) < 4.78 is 0. The molecule has 1 atom stereocenters. The molecule has 2 aromatic carbocycles. The SMILES string of the molecule is CN(CCCc1ccccc1)C(=O)CN1C(=O)NC2(CCc3ccccc32)C1=O. The van der Waals surface area contributed by atoms with Crippen molar-refractivity contribution in [3.8, 4) is 0 Å². The zero-order valence-electron chi connectivity index (χ0n) is 16.6. The van der Waals surface area contributed by atoms with E-state index < -0.39 is 11.6 Å². The molecule has 1 aliphatic heterocycles. The van der Waals surface area contributed by atoms with Crippen LogP contribution in [0.5, 0.6) is 0 Å². The lowest BCUT2D eigenvalue weighted by Gasteiger charge is -2.23. The third-order valence-electron chi connectivity index (χ3n) is 5.94. The van der Waals surface area contributed by atoms with E-state index in [2.05, 4.69) is 17.4 Å². The van der Waals surface area contributed by atoms with E-state index in [9.17, 15) is 14.4 Å². The molecule has 4 rings (SSSR count). The van der Waals surface area contributed by atoms with Crippen LogP contribution in [0.2, 0.25) is 0 Å². The molecule has 1 N–H and O–H groups in total. The predicted octanol–water partition coefficient (Wildman–Crippen LogP) is 2.47. The average Bonchev–Trinajstić information content (AvgIpc) is 3.22. The fourth-order valence-corrected chi connectivity index (χ4v) is 4.28. The highest BCUT2D eigenvalue weighted by Gasteiger charge is 2.55. The van der Waals surface area contributed by atoms with Gasteiger partial charge in [-0.1, -0.05) is 54.6 Å². The second-order valence-corrected chi connectivity index (χ2v) is 7.79. The lowest BCUT2D eigenvalue weighted by atomic mass is 9.92. The number of nitrogens with zero attached hydrogens (tertiary/aromatic N) is 2. The summed E-state index contributed by atoms with van der Waals surface area (Å²) in [4.78, 5) is 41.0. The number of carbonyl (C=O) groups excluding carboxylic acids is 3. The van der Waals surface area contributed by atoms with E-state index in [0.29, 0.717) is 13.0 Å². The summed E-state index contributed by atoms with van der Waals surface area (Å²) in [7, 11) is 1.71. The van der Waals surface area contributed by atoms with Gasteiger partial charge in [-0.05, 0) is 42.4 Å². The van der Waals surface area contributed by atoms with Crippen molar-refractivity contribution in [3.63, 3.8) is 0 Å². The Bertz CT molecular complexity index is 943. The molecule has 0 bridgehead atoms. The zero-order valence-corrected chi connectivity index (χ0v) is 16.6. The molecule has 2 aromatic rings. The fraction of sp³-hybridized carbons (Fsp3) is 0.348. The molecule has 1 unspecified atom stereocenters. The predicted molar refractivity (Wildman–Crippen MR) is 109 cm³/mol. The van der Waals surface area contributed by atoms with Crippen LogP contribution in [0.4, 0.5) is 4.79 Å². The van der Waals surface area contributed by atoms with E-state index in [1.807, 2.05) is 42.5 Å². The van der Waals surface area contributed by atoms with Gasteiger partial charge in [0, 0.05) is 13.6 Å². The topological polar surface area (TPSA) is 69.7 Å². The number of aryl methyl sites for hydroxylation is 2. The third-order valence-corrected chi connectivity index (χ3v) is 5.94. The molecule has 0 saturated carbocycles. The Kier molecular flexibility index (Phi) is 5.09. The van der Waals surface area contributed by atoms with Gasteiger partial charge in [-0.3, -0.25) is 14.5 Å². The maximum Gasteiger partial charge on any atom is 0.325 e. The number of benzene rings is 2. The molecule has 29 heavy (non-hydrogen) atoms. The molecule has 1 aliphatic carbocycles. The van der Waals surface area contributed by atoms with Crippen LogP contribution in [-0.4, -0.2) is 47.8 Å². The molecule has 1 spiro atoms. The zero-order chi connectivity index (χ0) is 20.4. The Hall–Kier alpha value is -3.15. The monoisotopic (exact) mass is 391 g/mol. The van der Waals surface area contributed by atoms with Crippen molar-refractivity contribution in [3.05, 3.63) is 71.3 Å². The highest BCUT2D eigenvalue weighted by molar-refractivity contribution is 6.09. The third kappa shape index (κ3) is 3.50. The Morgan fingerprint density at radius 2 is 1.83 bits per heavy atom. The Labute approximate surface area is 170 Å². The van der Waals surface area contributed by atoms with Gasteiger partial charge in [0.15, 0.2) is 0 Å². The van der Waals surface area contributed by atoms with Crippen molar-refractivity contribution in [2.45, 2.75) is 31.2 Å². The Morgan fingerprint density at radius 1 is 1.10 bits per heavy atom. The summed E-state index contributed by atoms with van der Waals surface area (Å²) in [5.41, 5.74) is 2.14. The number of rotatable bonds is 6. The Morgan fingerprint density at radius 3 is 2.62 bits per heavy atom. The minimum absolute atomic E-state index is 0.226. The van der Waals surface area contributed by atoms with E-state index in [1.165, 1.54) is 5.56 Å². The first-order valence-corrected chi connectivity index (χ1v) is 10.0. The van der Waals surface area contributed by atoms with Gasteiger partial charge in [0.1, 0.15) is 12.1 Å². The average molecular weight is 391 g/mol. The van der Waals surface area contributed by atoms with Gasteiger partial charge in [0.25, 0.3) is 5.91 Å². The number of imide groups is 1. The van der Waals surface area contributed by atoms with Gasteiger partial charge in [-0.25, -0.2) is 4.79 Å².